The van der Waals surface area contributed by atoms with Crippen LogP contribution in [0.15, 0.2) is 86.7 Å². The summed E-state index contributed by atoms with van der Waals surface area (Å²) in [5, 5.41) is 10.1. The number of carbonyl (C=O) groups excluding carboxylic acids is 2. The number of aryl methyl sites for hydroxylation is 2. The topological polar surface area (TPSA) is 160 Å². The average molecular weight is 778 g/mol. The van der Waals surface area contributed by atoms with Crippen LogP contribution >= 0.6 is 23.2 Å². The molecule has 1 N–H and O–H groups in total. The summed E-state index contributed by atoms with van der Waals surface area (Å²) in [6, 6.07) is 12.8. The highest BCUT2D eigenvalue weighted by atomic mass is 35.5. The van der Waals surface area contributed by atoms with Crippen LogP contribution in [0.1, 0.15) is 29.6 Å². The number of phenols is 1. The van der Waals surface area contributed by atoms with Crippen LogP contribution < -0.4 is 31.3 Å². The number of imide groups is 1. The fourth-order valence-electron chi connectivity index (χ4n) is 8.03. The maximum absolute atomic E-state index is 14.4. The van der Waals surface area contributed by atoms with E-state index in [0.29, 0.717) is 33.7 Å². The van der Waals surface area contributed by atoms with Crippen molar-refractivity contribution < 1.29 is 28.6 Å². The number of anilines is 1. The number of carbonyl (C=O) groups is 2. The molecule has 2 amide bonds. The number of aromatic hydroxyl groups is 1. The van der Waals surface area contributed by atoms with Crippen molar-refractivity contribution in [3.05, 3.63) is 121 Å². The highest BCUT2D eigenvalue weighted by Crippen LogP contribution is 2.63. The predicted molar refractivity (Wildman–Crippen MR) is 195 cm³/mol. The lowest BCUT2D eigenvalue weighted by Gasteiger charge is -2.49. The molecule has 2 aliphatic heterocycles. The first-order valence-electron chi connectivity index (χ1n) is 16.8. The Bertz CT molecular complexity index is 2630. The van der Waals surface area contributed by atoms with Gasteiger partial charge in [0.25, 0.3) is 17.4 Å². The molecule has 14 nitrogen and oxygen atoms in total. The number of methoxy groups -OCH3 is 2. The van der Waals surface area contributed by atoms with Crippen LogP contribution in [-0.2, 0) is 36.1 Å². The maximum Gasteiger partial charge on any atom is 0.347 e. The molecule has 3 aliphatic rings. The van der Waals surface area contributed by atoms with Crippen molar-refractivity contribution in [3.63, 3.8) is 0 Å². The second-order valence-corrected chi connectivity index (χ2v) is 14.6. The zero-order chi connectivity index (χ0) is 38.4. The SMILES string of the molecule is COc1cc2nc(CCn3c(=O)n4n(c3=O)[C@@H]3C[C@@]5(Cl)C(=O)N(c6ccc(F)cc6)C(=O)[C@@]5(Cl)[C@@H](c5ccc(O)cc5)C3=CC4)c(=O)n(C)c2cc1OC. The second-order valence-electron chi connectivity index (χ2n) is 13.4. The summed E-state index contributed by atoms with van der Waals surface area (Å²) in [4.78, 5) is 71.4. The summed E-state index contributed by atoms with van der Waals surface area (Å²) in [5.74, 6) is -2.68. The number of ether oxygens (including phenoxy) is 2. The van der Waals surface area contributed by atoms with Crippen molar-refractivity contribution in [2.45, 2.75) is 47.6 Å². The van der Waals surface area contributed by atoms with Gasteiger partial charge < -0.3 is 19.1 Å². The molecule has 5 aromatic rings. The van der Waals surface area contributed by atoms with E-state index in [-0.39, 0.29) is 43.1 Å². The number of aromatic nitrogens is 5. The van der Waals surface area contributed by atoms with E-state index in [2.05, 4.69) is 4.98 Å². The van der Waals surface area contributed by atoms with E-state index >= 15 is 0 Å². The number of rotatable bonds is 7. The summed E-state index contributed by atoms with van der Waals surface area (Å²) in [7, 11) is 4.53. The highest BCUT2D eigenvalue weighted by Gasteiger charge is 2.75. The lowest BCUT2D eigenvalue weighted by atomic mass is 9.64. The van der Waals surface area contributed by atoms with E-state index < -0.39 is 56.3 Å². The number of amides is 2. The number of hydrogen-bond donors (Lipinski definition) is 1. The van der Waals surface area contributed by atoms with Gasteiger partial charge in [0.05, 0.1) is 43.5 Å². The van der Waals surface area contributed by atoms with E-state index in [4.69, 9.17) is 32.7 Å². The van der Waals surface area contributed by atoms with Gasteiger partial charge in [-0.15, -0.1) is 23.2 Å². The molecule has 2 fully saturated rings. The molecule has 2 aromatic heterocycles. The number of nitrogens with zero attached hydrogens (tertiary/aromatic N) is 6. The molecule has 4 atom stereocenters. The van der Waals surface area contributed by atoms with Gasteiger partial charge in [-0.25, -0.2) is 37.8 Å². The molecule has 1 saturated heterocycles. The minimum Gasteiger partial charge on any atom is -0.508 e. The lowest BCUT2D eigenvalue weighted by Crippen LogP contribution is -2.59. The number of allylic oxidation sites excluding steroid dienone is 2. The van der Waals surface area contributed by atoms with E-state index in [1.165, 1.54) is 52.4 Å². The van der Waals surface area contributed by atoms with Crippen molar-refractivity contribution >= 4 is 51.7 Å². The van der Waals surface area contributed by atoms with Gasteiger partial charge in [0.1, 0.15) is 17.3 Å². The molecule has 17 heteroatoms. The van der Waals surface area contributed by atoms with Gasteiger partial charge in [-0.1, -0.05) is 18.2 Å². The Hall–Kier alpha value is -5.67. The molecule has 1 saturated carbocycles. The van der Waals surface area contributed by atoms with Crippen molar-refractivity contribution in [3.8, 4) is 17.2 Å². The third kappa shape index (κ3) is 4.83. The van der Waals surface area contributed by atoms with Crippen LogP contribution in [0.25, 0.3) is 11.0 Å². The zero-order valence-corrected chi connectivity index (χ0v) is 30.5. The summed E-state index contributed by atoms with van der Waals surface area (Å²) in [5.41, 5.74) is 0.107. The van der Waals surface area contributed by atoms with Gasteiger partial charge in [0.2, 0.25) is 0 Å². The van der Waals surface area contributed by atoms with E-state index in [0.717, 1.165) is 21.6 Å². The smallest absolute Gasteiger partial charge is 0.347 e. The minimum atomic E-state index is -2.16. The predicted octanol–water partition coefficient (Wildman–Crippen LogP) is 3.36. The first-order chi connectivity index (χ1) is 25.7. The largest absolute Gasteiger partial charge is 0.508 e. The van der Waals surface area contributed by atoms with Crippen LogP contribution in [0.4, 0.5) is 10.1 Å². The molecule has 0 bridgehead atoms. The number of phenolic OH excluding ortho intramolecular Hbond substituents is 1. The molecular formula is C37H31Cl2FN6O8. The number of hydrogen-bond acceptors (Lipinski definition) is 9. The summed E-state index contributed by atoms with van der Waals surface area (Å²) >= 11 is 14.7. The van der Waals surface area contributed by atoms with Gasteiger partial charge >= 0.3 is 11.4 Å². The fraction of sp³-hybridized carbons (Fsp3) is 0.297. The molecule has 0 radical (unpaired) electrons. The van der Waals surface area contributed by atoms with Crippen molar-refractivity contribution in [2.75, 3.05) is 19.1 Å². The van der Waals surface area contributed by atoms with Gasteiger partial charge in [0.15, 0.2) is 21.2 Å². The third-order valence-corrected chi connectivity index (χ3v) is 12.1. The molecule has 0 spiro atoms. The quantitative estimate of drug-likeness (QED) is 0.149. The number of halogens is 3. The minimum absolute atomic E-state index is 0.0495. The Morgan fingerprint density at radius 3 is 2.26 bits per heavy atom. The highest BCUT2D eigenvalue weighted by molar-refractivity contribution is 6.58. The summed E-state index contributed by atoms with van der Waals surface area (Å²) in [6.45, 7) is -0.304. The third-order valence-electron chi connectivity index (χ3n) is 10.7. The monoisotopic (exact) mass is 776 g/mol. The Morgan fingerprint density at radius 2 is 1.59 bits per heavy atom. The van der Waals surface area contributed by atoms with E-state index in [9.17, 15) is 33.5 Å². The van der Waals surface area contributed by atoms with Crippen LogP contribution in [0, 0.1) is 5.82 Å². The summed E-state index contributed by atoms with van der Waals surface area (Å²) < 4.78 is 29.5. The second kappa shape index (κ2) is 12.5. The van der Waals surface area contributed by atoms with Crippen LogP contribution in [0.3, 0.4) is 0 Å². The standard InChI is InChI=1S/C37H31Cl2FN6O8/c1-42-26-17-29(54-3)28(53-2)16-25(26)41-24(31(42)48)13-14-43-34(51)44-15-12-23-27(46(44)35(43)52)18-36(38)32(49)45(21-8-6-20(40)7-9-21)33(50)37(36,39)30(23)19-4-10-22(47)11-5-19/h4-12,16-17,27,30,47H,13-15,18H2,1-3H3/t27-,30+,36-,37+/m1/s1. The molecule has 4 heterocycles. The molecule has 8 rings (SSSR count). The van der Waals surface area contributed by atoms with Crippen LogP contribution in [-0.4, -0.2) is 64.4 Å². The van der Waals surface area contributed by atoms with Crippen LogP contribution in [0.5, 0.6) is 17.2 Å². The Labute approximate surface area is 314 Å². The molecular weight excluding hydrogens is 746 g/mol. The van der Waals surface area contributed by atoms with Gasteiger partial charge in [-0.05, 0) is 47.5 Å². The summed E-state index contributed by atoms with van der Waals surface area (Å²) in [6.07, 6.45) is 1.25. The Kier molecular flexibility index (Phi) is 8.15. The maximum atomic E-state index is 14.4. The first-order valence-corrected chi connectivity index (χ1v) is 17.6. The van der Waals surface area contributed by atoms with Gasteiger partial charge in [0, 0.05) is 44.5 Å². The molecule has 1 aliphatic carbocycles. The van der Waals surface area contributed by atoms with Gasteiger partial charge in [-0.2, -0.15) is 0 Å². The molecule has 0 unspecified atom stereocenters. The van der Waals surface area contributed by atoms with Crippen LogP contribution in [0.2, 0.25) is 0 Å². The normalized spacial score (nSPS) is 23.2. The molecule has 278 valence electrons. The average Bonchev–Trinajstić information content (AvgIpc) is 3.49. The van der Waals surface area contributed by atoms with Crippen molar-refractivity contribution in [1.82, 2.24) is 23.5 Å². The number of benzene rings is 3. The Balaban J connectivity index is 1.21. The van der Waals surface area contributed by atoms with E-state index in [1.54, 1.807) is 37.4 Å². The molecule has 3 aromatic carbocycles. The van der Waals surface area contributed by atoms with Gasteiger partial charge in [-0.3, -0.25) is 14.4 Å². The molecule has 54 heavy (non-hydrogen) atoms. The fourth-order valence-corrected chi connectivity index (χ4v) is 8.95. The van der Waals surface area contributed by atoms with E-state index in [1.807, 2.05) is 0 Å². The Morgan fingerprint density at radius 1 is 0.926 bits per heavy atom. The lowest BCUT2D eigenvalue weighted by molar-refractivity contribution is -0.122. The van der Waals surface area contributed by atoms with Crippen molar-refractivity contribution in [1.29, 1.82) is 0 Å². The number of fused-ring (bicyclic) bond motifs is 5. The number of alkyl halides is 2. The zero-order valence-electron chi connectivity index (χ0n) is 29.0. The first kappa shape index (κ1) is 35.4. The van der Waals surface area contributed by atoms with Crippen molar-refractivity contribution in [2.24, 2.45) is 7.05 Å².